The average molecular weight is 184 g/mol. The number of nitriles is 1. The third kappa shape index (κ3) is 2.17. The van der Waals surface area contributed by atoms with Crippen LogP contribution in [0.25, 0.3) is 0 Å². The maximum absolute atomic E-state index is 11.1. The summed E-state index contributed by atoms with van der Waals surface area (Å²) in [5.41, 5.74) is -0.936. The standard InChI is InChI=1S/C8H12N2O3/c1-6(11)7(12)10-8(4-9)2-3-13-5-8/h6,11H,2-3,5H2,1H3,(H,10,12)/t6-,8?/m1/s1. The van der Waals surface area contributed by atoms with Gasteiger partial charge in [-0.05, 0) is 6.92 Å². The van der Waals surface area contributed by atoms with E-state index in [1.165, 1.54) is 6.92 Å². The third-order valence-corrected chi connectivity index (χ3v) is 1.98. The molecule has 1 aliphatic heterocycles. The van der Waals surface area contributed by atoms with Gasteiger partial charge in [0.15, 0.2) is 5.54 Å². The van der Waals surface area contributed by atoms with Crippen molar-refractivity contribution in [3.63, 3.8) is 0 Å². The SMILES string of the molecule is C[C@@H](O)C(=O)NC1(C#N)CCOC1. The molecule has 1 amide bonds. The van der Waals surface area contributed by atoms with Crippen LogP contribution in [0.3, 0.4) is 0 Å². The van der Waals surface area contributed by atoms with Crippen molar-refractivity contribution in [1.29, 1.82) is 5.26 Å². The van der Waals surface area contributed by atoms with Gasteiger partial charge in [-0.3, -0.25) is 4.79 Å². The minimum absolute atomic E-state index is 0.196. The van der Waals surface area contributed by atoms with Crippen LogP contribution in [0.1, 0.15) is 13.3 Å². The van der Waals surface area contributed by atoms with Gasteiger partial charge >= 0.3 is 0 Å². The van der Waals surface area contributed by atoms with Gasteiger partial charge in [0.1, 0.15) is 6.10 Å². The molecular weight excluding hydrogens is 172 g/mol. The molecule has 1 rings (SSSR count). The van der Waals surface area contributed by atoms with E-state index in [0.29, 0.717) is 13.0 Å². The molecule has 0 saturated carbocycles. The summed E-state index contributed by atoms with van der Waals surface area (Å²) in [5.74, 6) is -0.535. The second-order valence-electron chi connectivity index (χ2n) is 3.16. The summed E-state index contributed by atoms with van der Waals surface area (Å²) in [6.45, 7) is 2.02. The average Bonchev–Trinajstić information content (AvgIpc) is 2.54. The van der Waals surface area contributed by atoms with Gasteiger partial charge < -0.3 is 15.2 Å². The summed E-state index contributed by atoms with van der Waals surface area (Å²) in [4.78, 5) is 11.1. The van der Waals surface area contributed by atoms with E-state index in [1.54, 1.807) is 0 Å². The number of carbonyl (C=O) groups excluding carboxylic acids is 1. The van der Waals surface area contributed by atoms with Crippen LogP contribution in [0, 0.1) is 11.3 Å². The van der Waals surface area contributed by atoms with Crippen LogP contribution in [-0.2, 0) is 9.53 Å². The Labute approximate surface area is 76.3 Å². The molecule has 1 saturated heterocycles. The van der Waals surface area contributed by atoms with E-state index in [-0.39, 0.29) is 6.61 Å². The predicted octanol–water partition coefficient (Wildman–Crippen LogP) is -0.834. The predicted molar refractivity (Wildman–Crippen MR) is 43.6 cm³/mol. The van der Waals surface area contributed by atoms with Gasteiger partial charge in [0.2, 0.25) is 5.91 Å². The van der Waals surface area contributed by atoms with Crippen molar-refractivity contribution in [3.05, 3.63) is 0 Å². The zero-order valence-corrected chi connectivity index (χ0v) is 7.41. The van der Waals surface area contributed by atoms with Crippen LogP contribution in [0.2, 0.25) is 0 Å². The van der Waals surface area contributed by atoms with E-state index in [2.05, 4.69) is 5.32 Å². The van der Waals surface area contributed by atoms with Crippen LogP contribution in [0.4, 0.5) is 0 Å². The number of nitrogens with zero attached hydrogens (tertiary/aromatic N) is 1. The van der Waals surface area contributed by atoms with E-state index in [1.807, 2.05) is 6.07 Å². The highest BCUT2D eigenvalue weighted by Gasteiger charge is 2.37. The van der Waals surface area contributed by atoms with Crippen LogP contribution < -0.4 is 5.32 Å². The summed E-state index contributed by atoms with van der Waals surface area (Å²) < 4.78 is 5.01. The Bertz CT molecular complexity index is 238. The van der Waals surface area contributed by atoms with Gasteiger partial charge in [0.05, 0.1) is 19.3 Å². The molecule has 0 bridgehead atoms. The number of amides is 1. The lowest BCUT2D eigenvalue weighted by Gasteiger charge is -2.20. The highest BCUT2D eigenvalue weighted by molar-refractivity contribution is 5.81. The topological polar surface area (TPSA) is 82.4 Å². The maximum atomic E-state index is 11.1. The molecule has 2 atom stereocenters. The highest BCUT2D eigenvalue weighted by atomic mass is 16.5. The minimum atomic E-state index is -1.09. The number of nitrogens with one attached hydrogen (secondary N) is 1. The molecule has 0 aliphatic carbocycles. The van der Waals surface area contributed by atoms with Crippen molar-refractivity contribution in [1.82, 2.24) is 5.32 Å². The molecule has 5 nitrogen and oxygen atoms in total. The van der Waals surface area contributed by atoms with Gasteiger partial charge in [-0.15, -0.1) is 0 Å². The lowest BCUT2D eigenvalue weighted by molar-refractivity contribution is -0.129. The number of aliphatic hydroxyl groups is 1. The molecule has 0 radical (unpaired) electrons. The molecule has 1 unspecified atom stereocenters. The van der Waals surface area contributed by atoms with Gasteiger partial charge in [-0.2, -0.15) is 5.26 Å². The maximum Gasteiger partial charge on any atom is 0.249 e. The normalized spacial score (nSPS) is 29.3. The number of hydrogen-bond acceptors (Lipinski definition) is 4. The molecule has 1 heterocycles. The van der Waals surface area contributed by atoms with Crippen molar-refractivity contribution in [2.75, 3.05) is 13.2 Å². The summed E-state index contributed by atoms with van der Waals surface area (Å²) in [5, 5.41) is 20.2. The van der Waals surface area contributed by atoms with Crippen molar-refractivity contribution < 1.29 is 14.6 Å². The summed E-state index contributed by atoms with van der Waals surface area (Å²) >= 11 is 0. The van der Waals surface area contributed by atoms with E-state index in [4.69, 9.17) is 15.1 Å². The van der Waals surface area contributed by atoms with Crippen LogP contribution in [0.15, 0.2) is 0 Å². The monoisotopic (exact) mass is 184 g/mol. The molecule has 2 N–H and O–H groups in total. The Balaban J connectivity index is 2.60. The number of carbonyl (C=O) groups is 1. The number of hydrogen-bond donors (Lipinski definition) is 2. The van der Waals surface area contributed by atoms with Crippen LogP contribution in [0.5, 0.6) is 0 Å². The smallest absolute Gasteiger partial charge is 0.249 e. The highest BCUT2D eigenvalue weighted by Crippen LogP contribution is 2.17. The van der Waals surface area contributed by atoms with Gasteiger partial charge in [0.25, 0.3) is 0 Å². The van der Waals surface area contributed by atoms with E-state index >= 15 is 0 Å². The van der Waals surface area contributed by atoms with E-state index in [9.17, 15) is 4.79 Å². The van der Waals surface area contributed by atoms with Gasteiger partial charge in [-0.1, -0.05) is 0 Å². The minimum Gasteiger partial charge on any atom is -0.384 e. The zero-order valence-electron chi connectivity index (χ0n) is 7.41. The molecule has 0 aromatic rings. The molecule has 72 valence electrons. The second kappa shape index (κ2) is 3.73. The second-order valence-corrected chi connectivity index (χ2v) is 3.16. The first-order valence-corrected chi connectivity index (χ1v) is 4.09. The summed E-state index contributed by atoms with van der Waals surface area (Å²) in [6, 6.07) is 2.00. The Morgan fingerprint density at radius 2 is 2.54 bits per heavy atom. The first kappa shape index (κ1) is 9.96. The summed E-state index contributed by atoms with van der Waals surface area (Å²) in [6.07, 6.45) is -0.618. The van der Waals surface area contributed by atoms with Crippen molar-refractivity contribution in [2.24, 2.45) is 0 Å². The number of aliphatic hydroxyl groups excluding tert-OH is 1. The Morgan fingerprint density at radius 1 is 1.85 bits per heavy atom. The molecule has 1 aliphatic rings. The Kier molecular flexibility index (Phi) is 2.86. The van der Waals surface area contributed by atoms with Crippen LogP contribution in [-0.4, -0.2) is 35.9 Å². The summed E-state index contributed by atoms with van der Waals surface area (Å²) in [7, 11) is 0. The molecule has 0 spiro atoms. The lowest BCUT2D eigenvalue weighted by Crippen LogP contribution is -2.50. The van der Waals surface area contributed by atoms with Crippen molar-refractivity contribution in [2.45, 2.75) is 25.0 Å². The largest absolute Gasteiger partial charge is 0.384 e. The fraction of sp³-hybridized carbons (Fsp3) is 0.750. The van der Waals surface area contributed by atoms with Crippen LogP contribution >= 0.6 is 0 Å². The van der Waals surface area contributed by atoms with Gasteiger partial charge in [0, 0.05) is 6.42 Å². The van der Waals surface area contributed by atoms with Crippen molar-refractivity contribution in [3.8, 4) is 6.07 Å². The molecule has 0 aromatic carbocycles. The van der Waals surface area contributed by atoms with E-state index < -0.39 is 17.6 Å². The third-order valence-electron chi connectivity index (χ3n) is 1.98. The quantitative estimate of drug-likeness (QED) is 0.586. The number of ether oxygens (including phenoxy) is 1. The van der Waals surface area contributed by atoms with Crippen molar-refractivity contribution >= 4 is 5.91 Å². The first-order chi connectivity index (χ1) is 6.09. The molecule has 5 heteroatoms. The van der Waals surface area contributed by atoms with Gasteiger partial charge in [-0.25, -0.2) is 0 Å². The first-order valence-electron chi connectivity index (χ1n) is 4.09. The Morgan fingerprint density at radius 3 is 2.92 bits per heavy atom. The Hall–Kier alpha value is -1.12. The molecular formula is C8H12N2O3. The molecule has 1 fully saturated rings. The number of rotatable bonds is 2. The van der Waals surface area contributed by atoms with E-state index in [0.717, 1.165) is 0 Å². The zero-order chi connectivity index (χ0) is 9.90. The molecule has 13 heavy (non-hydrogen) atoms. The molecule has 0 aromatic heterocycles. The lowest BCUT2D eigenvalue weighted by atomic mass is 10.0. The fourth-order valence-electron chi connectivity index (χ4n) is 1.12. The fourth-order valence-corrected chi connectivity index (χ4v) is 1.12.